The molecular formula is C14H21ClN2OS. The van der Waals surface area contributed by atoms with Crippen LogP contribution in [0.2, 0.25) is 0 Å². The third kappa shape index (κ3) is 2.67. The fourth-order valence-electron chi connectivity index (χ4n) is 3.43. The van der Waals surface area contributed by atoms with Gasteiger partial charge >= 0.3 is 0 Å². The zero-order chi connectivity index (χ0) is 12.7. The van der Waals surface area contributed by atoms with E-state index in [1.807, 2.05) is 22.6 Å². The van der Waals surface area contributed by atoms with Crippen LogP contribution in [0.25, 0.3) is 0 Å². The van der Waals surface area contributed by atoms with Crippen LogP contribution in [0.15, 0.2) is 10.8 Å². The zero-order valence-corrected chi connectivity index (χ0v) is 12.8. The summed E-state index contributed by atoms with van der Waals surface area (Å²) in [5, 5.41) is 4.02. The van der Waals surface area contributed by atoms with Crippen molar-refractivity contribution < 1.29 is 4.79 Å². The normalized spacial score (nSPS) is 29.8. The number of fused-ring (bicyclic) bond motifs is 1. The summed E-state index contributed by atoms with van der Waals surface area (Å²) in [5.74, 6) is 1.37. The molecule has 3 rings (SSSR count). The van der Waals surface area contributed by atoms with Crippen LogP contribution in [0.1, 0.15) is 35.2 Å². The number of hydrogen-bond donors (Lipinski definition) is 1. The van der Waals surface area contributed by atoms with Gasteiger partial charge in [0.05, 0.1) is 5.56 Å². The Kier molecular flexibility index (Phi) is 4.54. The van der Waals surface area contributed by atoms with Gasteiger partial charge in [-0.1, -0.05) is 6.42 Å². The quantitative estimate of drug-likeness (QED) is 0.867. The van der Waals surface area contributed by atoms with Crippen molar-refractivity contribution in [1.82, 2.24) is 4.90 Å². The van der Waals surface area contributed by atoms with Gasteiger partial charge in [0, 0.05) is 24.5 Å². The first kappa shape index (κ1) is 14.8. The molecule has 1 saturated carbocycles. The first-order valence-electron chi connectivity index (χ1n) is 6.74. The minimum Gasteiger partial charge on any atom is -0.338 e. The number of nitrogens with zero attached hydrogens (tertiary/aromatic N) is 1. The average molecular weight is 301 g/mol. The van der Waals surface area contributed by atoms with E-state index in [1.54, 1.807) is 11.3 Å². The first-order valence-corrected chi connectivity index (χ1v) is 7.68. The van der Waals surface area contributed by atoms with E-state index < -0.39 is 0 Å². The van der Waals surface area contributed by atoms with E-state index in [4.69, 9.17) is 5.73 Å². The van der Waals surface area contributed by atoms with Gasteiger partial charge in [-0.25, -0.2) is 0 Å². The topological polar surface area (TPSA) is 46.3 Å². The standard InChI is InChI=1S/C14H20N2OS.ClH/c1-9-7-18-8-12(9)14(17)16-5-10-3-2-4-13(15)11(10)6-16;/h7-8,10-11,13H,2-6,15H2,1H3;1H. The van der Waals surface area contributed by atoms with Gasteiger partial charge in [-0.3, -0.25) is 4.79 Å². The van der Waals surface area contributed by atoms with E-state index in [0.717, 1.165) is 30.6 Å². The van der Waals surface area contributed by atoms with Gasteiger partial charge in [0.2, 0.25) is 0 Å². The lowest BCUT2D eigenvalue weighted by atomic mass is 9.78. The van der Waals surface area contributed by atoms with Crippen LogP contribution in [-0.4, -0.2) is 29.9 Å². The summed E-state index contributed by atoms with van der Waals surface area (Å²) in [6.45, 7) is 3.78. The van der Waals surface area contributed by atoms with Crippen molar-refractivity contribution in [1.29, 1.82) is 0 Å². The van der Waals surface area contributed by atoms with Gasteiger partial charge in [0.25, 0.3) is 5.91 Å². The lowest BCUT2D eigenvalue weighted by Gasteiger charge is -2.29. The third-order valence-electron chi connectivity index (χ3n) is 4.53. The molecule has 1 aromatic heterocycles. The van der Waals surface area contributed by atoms with Gasteiger partial charge in [-0.15, -0.1) is 12.4 Å². The van der Waals surface area contributed by atoms with Crippen molar-refractivity contribution in [3.8, 4) is 0 Å². The molecule has 3 unspecified atom stereocenters. The van der Waals surface area contributed by atoms with Crippen LogP contribution in [0.4, 0.5) is 0 Å². The SMILES string of the molecule is Cc1cscc1C(=O)N1CC2CCCC(N)C2C1.Cl. The maximum Gasteiger partial charge on any atom is 0.254 e. The van der Waals surface area contributed by atoms with E-state index in [2.05, 4.69) is 0 Å². The van der Waals surface area contributed by atoms with Crippen molar-refractivity contribution in [3.05, 3.63) is 21.9 Å². The molecule has 106 valence electrons. The molecule has 0 radical (unpaired) electrons. The molecule has 5 heteroatoms. The number of amides is 1. The van der Waals surface area contributed by atoms with Gasteiger partial charge in [0.15, 0.2) is 0 Å². The van der Waals surface area contributed by atoms with E-state index in [1.165, 1.54) is 12.8 Å². The Morgan fingerprint density at radius 3 is 2.79 bits per heavy atom. The molecule has 1 aliphatic heterocycles. The molecule has 1 aromatic rings. The van der Waals surface area contributed by atoms with Crippen molar-refractivity contribution in [2.75, 3.05) is 13.1 Å². The minimum absolute atomic E-state index is 0. The maximum absolute atomic E-state index is 12.5. The van der Waals surface area contributed by atoms with E-state index >= 15 is 0 Å². The highest BCUT2D eigenvalue weighted by atomic mass is 35.5. The summed E-state index contributed by atoms with van der Waals surface area (Å²) in [7, 11) is 0. The highest BCUT2D eigenvalue weighted by Gasteiger charge is 2.40. The lowest BCUT2D eigenvalue weighted by molar-refractivity contribution is 0.0783. The fourth-order valence-corrected chi connectivity index (χ4v) is 4.25. The molecule has 1 amide bonds. The highest BCUT2D eigenvalue weighted by Crippen LogP contribution is 2.36. The molecule has 1 aliphatic carbocycles. The Labute approximate surface area is 124 Å². The number of thiophene rings is 1. The molecule has 1 saturated heterocycles. The predicted molar refractivity (Wildman–Crippen MR) is 81.0 cm³/mol. The Morgan fingerprint density at radius 2 is 2.16 bits per heavy atom. The Bertz CT molecular complexity index is 462. The molecular weight excluding hydrogens is 280 g/mol. The number of halogens is 1. The predicted octanol–water partition coefficient (Wildman–Crippen LogP) is 2.68. The van der Waals surface area contributed by atoms with Gasteiger partial charge in [-0.2, -0.15) is 11.3 Å². The molecule has 2 heterocycles. The zero-order valence-electron chi connectivity index (χ0n) is 11.2. The smallest absolute Gasteiger partial charge is 0.254 e. The number of hydrogen-bond acceptors (Lipinski definition) is 3. The van der Waals surface area contributed by atoms with Crippen LogP contribution >= 0.6 is 23.7 Å². The van der Waals surface area contributed by atoms with Crippen LogP contribution in [0.5, 0.6) is 0 Å². The largest absolute Gasteiger partial charge is 0.338 e. The molecule has 2 fully saturated rings. The van der Waals surface area contributed by atoms with Crippen molar-refractivity contribution in [2.45, 2.75) is 32.2 Å². The van der Waals surface area contributed by atoms with Crippen molar-refractivity contribution >= 4 is 29.7 Å². The molecule has 3 nitrogen and oxygen atoms in total. The molecule has 0 bridgehead atoms. The average Bonchev–Trinajstić information content (AvgIpc) is 2.95. The number of rotatable bonds is 1. The molecule has 2 N–H and O–H groups in total. The fraction of sp³-hybridized carbons (Fsp3) is 0.643. The summed E-state index contributed by atoms with van der Waals surface area (Å²) in [6.07, 6.45) is 3.59. The Hall–Kier alpha value is -0.580. The molecule has 2 aliphatic rings. The van der Waals surface area contributed by atoms with E-state index in [-0.39, 0.29) is 18.3 Å². The first-order chi connectivity index (χ1) is 8.66. The van der Waals surface area contributed by atoms with Crippen LogP contribution in [0.3, 0.4) is 0 Å². The summed E-state index contributed by atoms with van der Waals surface area (Å²) in [4.78, 5) is 14.5. The number of carbonyl (C=O) groups excluding carboxylic acids is 1. The van der Waals surface area contributed by atoms with Crippen LogP contribution in [-0.2, 0) is 0 Å². The number of aryl methyl sites for hydroxylation is 1. The summed E-state index contributed by atoms with van der Waals surface area (Å²) < 4.78 is 0. The third-order valence-corrected chi connectivity index (χ3v) is 5.39. The second-order valence-electron chi connectivity index (χ2n) is 5.70. The number of likely N-dealkylation sites (tertiary alicyclic amines) is 1. The lowest BCUT2D eigenvalue weighted by Crippen LogP contribution is -2.38. The maximum atomic E-state index is 12.5. The van der Waals surface area contributed by atoms with Crippen molar-refractivity contribution in [3.63, 3.8) is 0 Å². The molecule has 3 atom stereocenters. The number of carbonyl (C=O) groups is 1. The van der Waals surface area contributed by atoms with Crippen molar-refractivity contribution in [2.24, 2.45) is 17.6 Å². The number of nitrogens with two attached hydrogens (primary N) is 1. The summed E-state index contributed by atoms with van der Waals surface area (Å²) >= 11 is 1.61. The highest BCUT2D eigenvalue weighted by molar-refractivity contribution is 7.08. The minimum atomic E-state index is 0. The Morgan fingerprint density at radius 1 is 1.37 bits per heavy atom. The molecule has 19 heavy (non-hydrogen) atoms. The van der Waals surface area contributed by atoms with Crippen LogP contribution < -0.4 is 5.73 Å². The molecule has 0 aromatic carbocycles. The van der Waals surface area contributed by atoms with Gasteiger partial charge in [0.1, 0.15) is 0 Å². The van der Waals surface area contributed by atoms with Crippen LogP contribution in [0, 0.1) is 18.8 Å². The summed E-state index contributed by atoms with van der Waals surface area (Å²) in [6, 6.07) is 0.296. The monoisotopic (exact) mass is 300 g/mol. The summed E-state index contributed by atoms with van der Waals surface area (Å²) in [5.41, 5.74) is 8.18. The Balaban J connectivity index is 0.00000133. The second kappa shape index (κ2) is 5.81. The van der Waals surface area contributed by atoms with E-state index in [0.29, 0.717) is 17.9 Å². The van der Waals surface area contributed by atoms with Gasteiger partial charge < -0.3 is 10.6 Å². The van der Waals surface area contributed by atoms with Gasteiger partial charge in [-0.05, 0) is 42.5 Å². The second-order valence-corrected chi connectivity index (χ2v) is 6.44. The molecule has 0 spiro atoms. The van der Waals surface area contributed by atoms with E-state index in [9.17, 15) is 4.79 Å².